The Labute approximate surface area is 106 Å². The summed E-state index contributed by atoms with van der Waals surface area (Å²) in [6, 6.07) is 0. The van der Waals surface area contributed by atoms with Crippen LogP contribution in [0.15, 0.2) is 0 Å². The maximum Gasteiger partial charge on any atom is 0.524 e. The van der Waals surface area contributed by atoms with Gasteiger partial charge in [0.15, 0.2) is 0 Å². The summed E-state index contributed by atoms with van der Waals surface area (Å²) < 4.78 is 120. The second-order valence-electron chi connectivity index (χ2n) is 3.17. The normalized spacial score (nSPS) is 15.8. The first-order valence-electron chi connectivity index (χ1n) is 4.11. The Bertz CT molecular complexity index is 327. The fraction of sp³-hybridized carbons (Fsp3) is 1.00. The van der Waals surface area contributed by atoms with E-state index in [-0.39, 0.29) is 0 Å². The zero-order valence-corrected chi connectivity index (χ0v) is 10.9. The van der Waals surface area contributed by atoms with E-state index >= 15 is 0 Å². The van der Waals surface area contributed by atoms with E-state index in [0.717, 1.165) is 0 Å². The summed E-state index contributed by atoms with van der Waals surface area (Å²) >= 11 is 4.80. The van der Waals surface area contributed by atoms with Crippen molar-refractivity contribution in [1.29, 1.82) is 0 Å². The third-order valence-corrected chi connectivity index (χ3v) is 5.80. The van der Waals surface area contributed by atoms with Crippen molar-refractivity contribution >= 4 is 18.9 Å². The molecule has 0 aromatic heterocycles. The molecular weight excluding hydrogens is 339 g/mol. The van der Waals surface area contributed by atoms with Crippen molar-refractivity contribution < 1.29 is 48.4 Å². The minimum atomic E-state index is -7.02. The Morgan fingerprint density at radius 3 is 1.26 bits per heavy atom. The van der Waals surface area contributed by atoms with E-state index in [0.29, 0.717) is 14.2 Å². The van der Waals surface area contributed by atoms with Crippen LogP contribution in [0.25, 0.3) is 0 Å². The average Bonchev–Trinajstić information content (AvgIpc) is 2.25. The summed E-state index contributed by atoms with van der Waals surface area (Å²) in [5, 5.41) is 0. The first-order chi connectivity index (χ1) is 8.12. The predicted molar refractivity (Wildman–Crippen MR) is 46.5 cm³/mol. The summed E-state index contributed by atoms with van der Waals surface area (Å²) in [4.78, 5) is 0. The quantitative estimate of drug-likeness (QED) is 0.432. The van der Waals surface area contributed by atoms with Crippen molar-refractivity contribution in [1.82, 2.24) is 0 Å². The van der Waals surface area contributed by atoms with E-state index in [1.54, 1.807) is 0 Å². The fourth-order valence-electron chi connectivity index (χ4n) is 0.902. The molecule has 0 N–H and O–H groups in total. The highest BCUT2D eigenvalue weighted by Crippen LogP contribution is 2.56. The van der Waals surface area contributed by atoms with Crippen molar-refractivity contribution in [3.63, 3.8) is 0 Å². The molecular formula is C6H6ClF9O2Si. The van der Waals surface area contributed by atoms with Crippen LogP contribution in [0, 0.1) is 0 Å². The highest BCUT2D eigenvalue weighted by atomic mass is 35.6. The SMILES string of the molecule is CO[Si](Cl)(OC)C(F)(F)C(F)(F)C(F)(F)C(F)(F)F. The Balaban J connectivity index is 5.90. The van der Waals surface area contributed by atoms with Gasteiger partial charge >= 0.3 is 31.4 Å². The van der Waals surface area contributed by atoms with Crippen LogP contribution in [0.3, 0.4) is 0 Å². The number of rotatable bonds is 5. The first-order valence-corrected chi connectivity index (χ1v) is 6.94. The average molecular weight is 345 g/mol. The van der Waals surface area contributed by atoms with Gasteiger partial charge in [-0.3, -0.25) is 0 Å². The van der Waals surface area contributed by atoms with Gasteiger partial charge in [-0.25, -0.2) is 0 Å². The van der Waals surface area contributed by atoms with Crippen molar-refractivity contribution in [2.45, 2.75) is 23.6 Å². The summed E-state index contributed by atoms with van der Waals surface area (Å²) in [5.74, 6) is -13.9. The van der Waals surface area contributed by atoms with Crippen LogP contribution in [0.5, 0.6) is 0 Å². The maximum atomic E-state index is 13.2. The molecule has 13 heteroatoms. The van der Waals surface area contributed by atoms with E-state index < -0.39 is 31.4 Å². The Hall–Kier alpha value is -0.203. The standard InChI is InChI=1S/C6H6ClF9O2Si/c1-17-19(7,18-2)6(15,16)4(10,11)3(8,9)5(12,13)14/h1-2H3. The summed E-state index contributed by atoms with van der Waals surface area (Å²) in [7, 11) is -5.20. The lowest BCUT2D eigenvalue weighted by atomic mass is 10.1. The van der Waals surface area contributed by atoms with Gasteiger partial charge in [0.1, 0.15) is 0 Å². The molecule has 0 spiro atoms. The predicted octanol–water partition coefficient (Wildman–Crippen LogP) is 3.46. The molecule has 0 amide bonds. The molecule has 0 radical (unpaired) electrons. The van der Waals surface area contributed by atoms with Gasteiger partial charge in [-0.2, -0.15) is 39.5 Å². The molecule has 0 unspecified atom stereocenters. The van der Waals surface area contributed by atoms with Crippen LogP contribution in [0.2, 0.25) is 0 Å². The fourth-order valence-corrected chi connectivity index (χ4v) is 2.47. The van der Waals surface area contributed by atoms with Gasteiger partial charge in [-0.05, 0) is 0 Å². The first kappa shape index (κ1) is 18.8. The topological polar surface area (TPSA) is 18.5 Å². The zero-order chi connectivity index (χ0) is 15.9. The molecule has 0 heterocycles. The summed E-state index contributed by atoms with van der Waals surface area (Å²) in [6.45, 7) is 0. The molecule has 19 heavy (non-hydrogen) atoms. The molecule has 0 aromatic rings. The van der Waals surface area contributed by atoms with Gasteiger partial charge in [-0.15, -0.1) is 0 Å². The van der Waals surface area contributed by atoms with Crippen LogP contribution < -0.4 is 0 Å². The molecule has 0 rings (SSSR count). The molecule has 0 aliphatic carbocycles. The van der Waals surface area contributed by atoms with Crippen LogP contribution in [0.1, 0.15) is 0 Å². The second-order valence-corrected chi connectivity index (χ2v) is 7.18. The van der Waals surface area contributed by atoms with Crippen molar-refractivity contribution in [3.05, 3.63) is 0 Å². The van der Waals surface area contributed by atoms with Crippen LogP contribution in [-0.4, -0.2) is 45.7 Å². The van der Waals surface area contributed by atoms with Crippen molar-refractivity contribution in [2.75, 3.05) is 14.2 Å². The monoisotopic (exact) mass is 344 g/mol. The molecule has 0 aliphatic rings. The number of hydrogen-bond donors (Lipinski definition) is 0. The van der Waals surface area contributed by atoms with Crippen molar-refractivity contribution in [2.24, 2.45) is 0 Å². The minimum absolute atomic E-state index is 0.318. The van der Waals surface area contributed by atoms with E-state index in [4.69, 9.17) is 11.1 Å². The molecule has 0 saturated heterocycles. The Morgan fingerprint density at radius 1 is 0.737 bits per heavy atom. The lowest BCUT2D eigenvalue weighted by Gasteiger charge is -2.37. The molecule has 0 fully saturated rings. The smallest absolute Gasteiger partial charge is 0.383 e. The van der Waals surface area contributed by atoms with Crippen LogP contribution >= 0.6 is 11.1 Å². The van der Waals surface area contributed by atoms with Crippen LogP contribution in [-0.2, 0) is 8.85 Å². The molecule has 0 saturated carbocycles. The maximum absolute atomic E-state index is 13.2. The molecule has 2 nitrogen and oxygen atoms in total. The molecule has 0 bridgehead atoms. The van der Waals surface area contributed by atoms with Gasteiger partial charge in [0, 0.05) is 14.2 Å². The van der Waals surface area contributed by atoms with Gasteiger partial charge in [0.25, 0.3) is 0 Å². The summed E-state index contributed by atoms with van der Waals surface area (Å²) in [6.07, 6.45) is -6.91. The highest BCUT2D eigenvalue weighted by Gasteiger charge is 2.88. The largest absolute Gasteiger partial charge is 0.524 e. The second kappa shape index (κ2) is 4.97. The number of hydrogen-bond acceptors (Lipinski definition) is 2. The van der Waals surface area contributed by atoms with E-state index in [1.165, 1.54) is 0 Å². The highest BCUT2D eigenvalue weighted by molar-refractivity contribution is 7.14. The molecule has 0 aliphatic heterocycles. The van der Waals surface area contributed by atoms with Gasteiger partial charge in [0.05, 0.1) is 0 Å². The van der Waals surface area contributed by atoms with Crippen molar-refractivity contribution in [3.8, 4) is 0 Å². The number of halogens is 10. The van der Waals surface area contributed by atoms with E-state index in [1.807, 2.05) is 0 Å². The van der Waals surface area contributed by atoms with Gasteiger partial charge in [0.2, 0.25) is 0 Å². The lowest BCUT2D eigenvalue weighted by Crippen LogP contribution is -2.70. The summed E-state index contributed by atoms with van der Waals surface area (Å²) in [5.41, 5.74) is -6.05. The van der Waals surface area contributed by atoms with Crippen LogP contribution in [0.4, 0.5) is 39.5 Å². The number of alkyl halides is 9. The third-order valence-electron chi connectivity index (χ3n) is 2.04. The minimum Gasteiger partial charge on any atom is -0.383 e. The van der Waals surface area contributed by atoms with Gasteiger partial charge in [-0.1, -0.05) is 11.1 Å². The van der Waals surface area contributed by atoms with E-state index in [9.17, 15) is 39.5 Å². The Morgan fingerprint density at radius 2 is 1.05 bits per heavy atom. The van der Waals surface area contributed by atoms with E-state index in [2.05, 4.69) is 8.85 Å². The molecule has 116 valence electrons. The zero-order valence-electron chi connectivity index (χ0n) is 9.10. The van der Waals surface area contributed by atoms with Gasteiger partial charge < -0.3 is 8.85 Å². The third kappa shape index (κ3) is 2.54. The molecule has 0 atom stereocenters. The lowest BCUT2D eigenvalue weighted by molar-refractivity contribution is -0.386. The Kier molecular flexibility index (Phi) is 4.91. The molecule has 0 aromatic carbocycles.